The van der Waals surface area contributed by atoms with E-state index in [0.717, 1.165) is 21.3 Å². The highest BCUT2D eigenvalue weighted by Crippen LogP contribution is 2.33. The number of hydrogen-bond donors (Lipinski definition) is 1. The van der Waals surface area contributed by atoms with Crippen molar-refractivity contribution >= 4 is 44.8 Å². The second kappa shape index (κ2) is 8.81. The minimum absolute atomic E-state index is 0.437. The van der Waals surface area contributed by atoms with Gasteiger partial charge in [0, 0.05) is 27.3 Å². The Labute approximate surface area is 172 Å². The van der Waals surface area contributed by atoms with Crippen LogP contribution in [0.2, 0.25) is 10.0 Å². The van der Waals surface area contributed by atoms with Gasteiger partial charge in [0.15, 0.2) is 0 Å². The number of hydrogen-bond acceptors (Lipinski definition) is 2. The van der Waals surface area contributed by atoms with Crippen molar-refractivity contribution in [3.8, 4) is 5.75 Å². The van der Waals surface area contributed by atoms with Crippen LogP contribution in [0.1, 0.15) is 16.7 Å². The van der Waals surface area contributed by atoms with Gasteiger partial charge in [-0.2, -0.15) is 0 Å². The Kier molecular flexibility index (Phi) is 6.47. The first kappa shape index (κ1) is 19.1. The van der Waals surface area contributed by atoms with Crippen LogP contribution < -0.4 is 10.1 Å². The zero-order valence-corrected chi connectivity index (χ0v) is 17.3. The average molecular weight is 451 g/mol. The van der Waals surface area contributed by atoms with E-state index in [1.54, 1.807) is 6.07 Å². The van der Waals surface area contributed by atoms with Crippen molar-refractivity contribution in [3.05, 3.63) is 91.9 Å². The summed E-state index contributed by atoms with van der Waals surface area (Å²) in [6, 6.07) is 19.8. The quantitative estimate of drug-likeness (QED) is 0.426. The van der Waals surface area contributed by atoms with E-state index >= 15 is 0 Å². The highest BCUT2D eigenvalue weighted by Gasteiger charge is 2.11. The van der Waals surface area contributed by atoms with Gasteiger partial charge in [-0.05, 0) is 54.4 Å². The second-order valence-corrected chi connectivity index (χ2v) is 7.77. The molecular weight excluding hydrogens is 433 g/mol. The lowest BCUT2D eigenvalue weighted by Gasteiger charge is -2.15. The van der Waals surface area contributed by atoms with Crippen molar-refractivity contribution in [2.75, 3.05) is 5.32 Å². The smallest absolute Gasteiger partial charge is 0.143 e. The fourth-order valence-corrected chi connectivity index (χ4v) is 3.45. The first-order valence-corrected chi connectivity index (χ1v) is 9.72. The third-order valence-electron chi connectivity index (χ3n) is 3.88. The molecule has 0 bridgehead atoms. The van der Waals surface area contributed by atoms with Crippen LogP contribution in [0, 0.1) is 6.92 Å². The standard InChI is InChI=1S/C21H18BrCl2NO/c1-14-3-2-4-19(9-14)25-12-16-10-18(23)11-20(24)21(16)26-13-15-5-7-17(22)8-6-15/h2-11,25H,12-13H2,1H3. The lowest BCUT2D eigenvalue weighted by molar-refractivity contribution is 0.303. The maximum Gasteiger partial charge on any atom is 0.143 e. The molecule has 0 aliphatic rings. The Morgan fingerprint density at radius 1 is 1.00 bits per heavy atom. The zero-order valence-electron chi connectivity index (χ0n) is 14.2. The minimum Gasteiger partial charge on any atom is -0.487 e. The van der Waals surface area contributed by atoms with E-state index in [9.17, 15) is 0 Å². The van der Waals surface area contributed by atoms with Crippen LogP contribution in [-0.4, -0.2) is 0 Å². The van der Waals surface area contributed by atoms with E-state index in [-0.39, 0.29) is 0 Å². The molecule has 0 amide bonds. The molecule has 3 aromatic rings. The van der Waals surface area contributed by atoms with E-state index in [1.165, 1.54) is 5.56 Å². The number of anilines is 1. The molecule has 0 spiro atoms. The van der Waals surface area contributed by atoms with Crippen LogP contribution in [0.3, 0.4) is 0 Å². The highest BCUT2D eigenvalue weighted by molar-refractivity contribution is 9.10. The predicted octanol–water partition coefficient (Wildman–Crippen LogP) is 7.26. The van der Waals surface area contributed by atoms with Crippen LogP contribution in [0.5, 0.6) is 5.75 Å². The molecule has 0 atom stereocenters. The third-order valence-corrected chi connectivity index (χ3v) is 4.91. The van der Waals surface area contributed by atoms with Crippen molar-refractivity contribution in [2.24, 2.45) is 0 Å². The lowest BCUT2D eigenvalue weighted by Crippen LogP contribution is -2.04. The predicted molar refractivity (Wildman–Crippen MR) is 113 cm³/mol. The zero-order chi connectivity index (χ0) is 18.5. The van der Waals surface area contributed by atoms with Gasteiger partial charge in [-0.1, -0.05) is 63.4 Å². The summed E-state index contributed by atoms with van der Waals surface area (Å²) in [4.78, 5) is 0. The summed E-state index contributed by atoms with van der Waals surface area (Å²) >= 11 is 16.0. The van der Waals surface area contributed by atoms with E-state index in [0.29, 0.717) is 28.9 Å². The molecule has 0 fully saturated rings. The van der Waals surface area contributed by atoms with Gasteiger partial charge in [-0.15, -0.1) is 0 Å². The fraction of sp³-hybridized carbons (Fsp3) is 0.143. The molecule has 3 rings (SSSR count). The number of benzene rings is 3. The van der Waals surface area contributed by atoms with Crippen LogP contribution in [0.15, 0.2) is 65.1 Å². The Balaban J connectivity index is 1.76. The van der Waals surface area contributed by atoms with E-state index in [2.05, 4.69) is 40.3 Å². The number of rotatable bonds is 6. The minimum atomic E-state index is 0.437. The summed E-state index contributed by atoms with van der Waals surface area (Å²) in [5.41, 5.74) is 4.23. The fourth-order valence-electron chi connectivity index (χ4n) is 2.60. The van der Waals surface area contributed by atoms with Crippen LogP contribution in [0.4, 0.5) is 5.69 Å². The maximum atomic E-state index is 6.39. The molecule has 1 N–H and O–H groups in total. The largest absolute Gasteiger partial charge is 0.487 e. The Morgan fingerprint density at radius 2 is 1.77 bits per heavy atom. The molecule has 0 saturated carbocycles. The number of ether oxygens (including phenoxy) is 1. The Morgan fingerprint density at radius 3 is 2.50 bits per heavy atom. The summed E-state index contributed by atoms with van der Waals surface area (Å²) in [5.74, 6) is 0.652. The van der Waals surface area contributed by atoms with Crippen LogP contribution in [-0.2, 0) is 13.2 Å². The molecule has 26 heavy (non-hydrogen) atoms. The molecule has 5 heteroatoms. The Hall–Kier alpha value is -1.68. The normalized spacial score (nSPS) is 10.6. The van der Waals surface area contributed by atoms with Gasteiger partial charge in [-0.25, -0.2) is 0 Å². The monoisotopic (exact) mass is 449 g/mol. The van der Waals surface area contributed by atoms with Gasteiger partial charge >= 0.3 is 0 Å². The molecule has 134 valence electrons. The van der Waals surface area contributed by atoms with Gasteiger partial charge in [0.2, 0.25) is 0 Å². The average Bonchev–Trinajstić information content (AvgIpc) is 2.60. The molecule has 0 saturated heterocycles. The lowest BCUT2D eigenvalue weighted by atomic mass is 10.1. The number of aryl methyl sites for hydroxylation is 1. The maximum absolute atomic E-state index is 6.39. The number of halogens is 3. The molecule has 3 aromatic carbocycles. The molecule has 0 aromatic heterocycles. The topological polar surface area (TPSA) is 21.3 Å². The molecule has 0 heterocycles. The van der Waals surface area contributed by atoms with Crippen molar-refractivity contribution < 1.29 is 4.74 Å². The molecular formula is C21H18BrCl2NO. The molecule has 2 nitrogen and oxygen atoms in total. The van der Waals surface area contributed by atoms with Crippen molar-refractivity contribution in [1.29, 1.82) is 0 Å². The van der Waals surface area contributed by atoms with Gasteiger partial charge in [0.1, 0.15) is 12.4 Å². The summed E-state index contributed by atoms with van der Waals surface area (Å²) in [7, 11) is 0. The summed E-state index contributed by atoms with van der Waals surface area (Å²) in [6.07, 6.45) is 0. The van der Waals surface area contributed by atoms with Gasteiger partial charge in [0.25, 0.3) is 0 Å². The summed E-state index contributed by atoms with van der Waals surface area (Å²) in [5, 5.41) is 4.50. The van der Waals surface area contributed by atoms with E-state index in [1.807, 2.05) is 42.5 Å². The first-order valence-electron chi connectivity index (χ1n) is 8.17. The van der Waals surface area contributed by atoms with E-state index in [4.69, 9.17) is 27.9 Å². The summed E-state index contributed by atoms with van der Waals surface area (Å²) < 4.78 is 7.05. The van der Waals surface area contributed by atoms with Gasteiger partial charge in [0.05, 0.1) is 5.02 Å². The first-order chi connectivity index (χ1) is 12.5. The van der Waals surface area contributed by atoms with Gasteiger partial charge in [-0.3, -0.25) is 0 Å². The Bertz CT molecular complexity index is 897. The van der Waals surface area contributed by atoms with Crippen molar-refractivity contribution in [1.82, 2.24) is 0 Å². The van der Waals surface area contributed by atoms with E-state index < -0.39 is 0 Å². The molecule has 0 aliphatic carbocycles. The molecule has 0 unspecified atom stereocenters. The molecule has 0 radical (unpaired) electrons. The second-order valence-electron chi connectivity index (χ2n) is 6.01. The summed E-state index contributed by atoms with van der Waals surface area (Å²) in [6.45, 7) is 3.07. The number of nitrogens with one attached hydrogen (secondary N) is 1. The van der Waals surface area contributed by atoms with Gasteiger partial charge < -0.3 is 10.1 Å². The molecule has 0 aliphatic heterocycles. The van der Waals surface area contributed by atoms with Crippen LogP contribution >= 0.6 is 39.1 Å². The SMILES string of the molecule is Cc1cccc(NCc2cc(Cl)cc(Cl)c2OCc2ccc(Br)cc2)c1. The highest BCUT2D eigenvalue weighted by atomic mass is 79.9. The third kappa shape index (κ3) is 5.16. The van der Waals surface area contributed by atoms with Crippen LogP contribution in [0.25, 0.3) is 0 Å². The van der Waals surface area contributed by atoms with Crippen molar-refractivity contribution in [2.45, 2.75) is 20.1 Å². The van der Waals surface area contributed by atoms with Crippen molar-refractivity contribution in [3.63, 3.8) is 0 Å².